The predicted octanol–water partition coefficient (Wildman–Crippen LogP) is 5.76. The lowest BCUT2D eigenvalue weighted by molar-refractivity contribution is 0.102. The van der Waals surface area contributed by atoms with Gasteiger partial charge in [-0.25, -0.2) is 0 Å². The summed E-state index contributed by atoms with van der Waals surface area (Å²) in [6, 6.07) is 19.8. The number of nitrogens with zero attached hydrogens (tertiary/aromatic N) is 2. The third kappa shape index (κ3) is 6.38. The van der Waals surface area contributed by atoms with Gasteiger partial charge in [0.05, 0.1) is 31.1 Å². The smallest absolute Gasteiger partial charge is 0.260 e. The number of carbonyl (C=O) groups excluding carboxylic acids is 1. The molecule has 1 heterocycles. The molecule has 37 heavy (non-hydrogen) atoms. The van der Waals surface area contributed by atoms with Crippen LogP contribution in [0.15, 0.2) is 71.3 Å². The molecule has 0 fully saturated rings. The molecule has 9 nitrogen and oxygen atoms in total. The normalized spacial score (nSPS) is 10.6. The van der Waals surface area contributed by atoms with E-state index in [-0.39, 0.29) is 18.4 Å². The highest BCUT2D eigenvalue weighted by Crippen LogP contribution is 2.39. The fourth-order valence-electron chi connectivity index (χ4n) is 3.58. The van der Waals surface area contributed by atoms with E-state index in [0.29, 0.717) is 65.5 Å². The van der Waals surface area contributed by atoms with Crippen LogP contribution >= 0.6 is 0 Å². The molecule has 0 radical (unpaired) electrons. The maximum Gasteiger partial charge on any atom is 0.260 e. The Morgan fingerprint density at radius 3 is 2.16 bits per heavy atom. The van der Waals surface area contributed by atoms with Crippen molar-refractivity contribution in [1.82, 2.24) is 10.1 Å². The molecule has 0 aliphatic carbocycles. The third-order valence-corrected chi connectivity index (χ3v) is 5.16. The van der Waals surface area contributed by atoms with Crippen LogP contribution in [0.3, 0.4) is 0 Å². The van der Waals surface area contributed by atoms with E-state index in [1.165, 1.54) is 0 Å². The van der Waals surface area contributed by atoms with E-state index in [4.69, 9.17) is 23.5 Å². The van der Waals surface area contributed by atoms with Crippen molar-refractivity contribution in [3.8, 4) is 34.5 Å². The fourth-order valence-corrected chi connectivity index (χ4v) is 3.58. The average molecular weight is 504 g/mol. The molecule has 192 valence electrons. The standard InChI is InChI=1S/C28H29N3O6/c1-4-33-23-16-19(17-24(34-5-2)26(23)35-6-3)27(32)29-22-15-11-10-14-21(22)28-30-25(31-37-28)18-36-20-12-8-7-9-13-20/h7-17H,4-6,18H2,1-3H3,(H,29,32). The number of anilines is 1. The van der Waals surface area contributed by atoms with E-state index >= 15 is 0 Å². The zero-order valence-electron chi connectivity index (χ0n) is 21.0. The Balaban J connectivity index is 1.56. The van der Waals surface area contributed by atoms with Gasteiger partial charge >= 0.3 is 0 Å². The van der Waals surface area contributed by atoms with Crippen LogP contribution in [0.2, 0.25) is 0 Å². The highest BCUT2D eigenvalue weighted by atomic mass is 16.5. The van der Waals surface area contributed by atoms with Crippen LogP contribution in [-0.2, 0) is 6.61 Å². The predicted molar refractivity (Wildman–Crippen MR) is 138 cm³/mol. The van der Waals surface area contributed by atoms with Crippen molar-refractivity contribution in [2.45, 2.75) is 27.4 Å². The number of hydrogen-bond acceptors (Lipinski definition) is 8. The summed E-state index contributed by atoms with van der Waals surface area (Å²) < 4.78 is 28.4. The summed E-state index contributed by atoms with van der Waals surface area (Å²) in [4.78, 5) is 17.7. The SMILES string of the molecule is CCOc1cc(C(=O)Nc2ccccc2-c2nc(COc3ccccc3)no2)cc(OCC)c1OCC. The molecule has 0 bridgehead atoms. The molecule has 1 aromatic heterocycles. The van der Waals surface area contributed by atoms with Crippen LogP contribution in [-0.4, -0.2) is 35.9 Å². The number of nitrogens with one attached hydrogen (secondary N) is 1. The minimum absolute atomic E-state index is 0.147. The number of benzene rings is 3. The third-order valence-electron chi connectivity index (χ3n) is 5.16. The first kappa shape index (κ1) is 25.6. The summed E-state index contributed by atoms with van der Waals surface area (Å²) in [5.41, 5.74) is 1.44. The van der Waals surface area contributed by atoms with Gasteiger partial charge in [0.2, 0.25) is 11.6 Å². The molecule has 0 aliphatic heterocycles. The van der Waals surface area contributed by atoms with Crippen LogP contribution in [0.1, 0.15) is 37.0 Å². The largest absolute Gasteiger partial charge is 0.490 e. The molecule has 0 spiro atoms. The molecular weight excluding hydrogens is 474 g/mol. The monoisotopic (exact) mass is 503 g/mol. The lowest BCUT2D eigenvalue weighted by atomic mass is 10.1. The van der Waals surface area contributed by atoms with E-state index in [2.05, 4.69) is 15.5 Å². The molecule has 0 aliphatic rings. The van der Waals surface area contributed by atoms with Crippen molar-refractivity contribution in [3.63, 3.8) is 0 Å². The van der Waals surface area contributed by atoms with E-state index in [9.17, 15) is 4.79 Å². The van der Waals surface area contributed by atoms with Crippen LogP contribution in [0, 0.1) is 0 Å². The second-order valence-electron chi connectivity index (χ2n) is 7.72. The topological polar surface area (TPSA) is 105 Å². The molecular formula is C28H29N3O6. The Morgan fingerprint density at radius 2 is 1.49 bits per heavy atom. The van der Waals surface area contributed by atoms with Crippen molar-refractivity contribution in [1.29, 1.82) is 0 Å². The Hall–Kier alpha value is -4.53. The highest BCUT2D eigenvalue weighted by molar-refractivity contribution is 6.06. The van der Waals surface area contributed by atoms with Crippen molar-refractivity contribution in [2.24, 2.45) is 0 Å². The minimum atomic E-state index is -0.357. The minimum Gasteiger partial charge on any atom is -0.490 e. The maximum absolute atomic E-state index is 13.3. The van der Waals surface area contributed by atoms with Gasteiger partial charge in [-0.05, 0) is 57.2 Å². The van der Waals surface area contributed by atoms with Crippen molar-refractivity contribution < 1.29 is 28.3 Å². The van der Waals surface area contributed by atoms with Crippen LogP contribution < -0.4 is 24.3 Å². The summed E-state index contributed by atoms with van der Waals surface area (Å²) in [5, 5.41) is 6.94. The second-order valence-corrected chi connectivity index (χ2v) is 7.72. The molecule has 0 atom stereocenters. The number of aromatic nitrogens is 2. The molecule has 0 unspecified atom stereocenters. The van der Waals surface area contributed by atoms with E-state index in [1.807, 2.05) is 63.2 Å². The van der Waals surface area contributed by atoms with Crippen molar-refractivity contribution in [3.05, 3.63) is 78.1 Å². The number of rotatable bonds is 12. The summed E-state index contributed by atoms with van der Waals surface area (Å²) in [6.07, 6.45) is 0. The second kappa shape index (κ2) is 12.4. The molecule has 1 amide bonds. The van der Waals surface area contributed by atoms with E-state index < -0.39 is 0 Å². The number of ether oxygens (including phenoxy) is 4. The molecule has 0 saturated heterocycles. The molecule has 4 aromatic rings. The lowest BCUT2D eigenvalue weighted by Gasteiger charge is -2.17. The first-order chi connectivity index (χ1) is 18.1. The van der Waals surface area contributed by atoms with Crippen molar-refractivity contribution in [2.75, 3.05) is 25.1 Å². The van der Waals surface area contributed by atoms with Crippen LogP contribution in [0.5, 0.6) is 23.0 Å². The summed E-state index contributed by atoms with van der Waals surface area (Å²) in [5.74, 6) is 2.34. The fraction of sp³-hybridized carbons (Fsp3) is 0.250. The van der Waals surface area contributed by atoms with Gasteiger partial charge in [0.15, 0.2) is 18.1 Å². The summed E-state index contributed by atoms with van der Waals surface area (Å²) >= 11 is 0. The molecule has 9 heteroatoms. The molecule has 1 N–H and O–H groups in total. The maximum atomic E-state index is 13.3. The van der Waals surface area contributed by atoms with Gasteiger partial charge in [-0.3, -0.25) is 4.79 Å². The number of hydrogen-bond donors (Lipinski definition) is 1. The Bertz CT molecular complexity index is 1300. The number of amides is 1. The molecule has 4 rings (SSSR count). The highest BCUT2D eigenvalue weighted by Gasteiger charge is 2.20. The molecule has 3 aromatic carbocycles. The van der Waals surface area contributed by atoms with Gasteiger partial charge in [-0.2, -0.15) is 4.98 Å². The average Bonchev–Trinajstić information content (AvgIpc) is 3.39. The van der Waals surface area contributed by atoms with E-state index in [0.717, 1.165) is 0 Å². The first-order valence-electron chi connectivity index (χ1n) is 12.1. The zero-order valence-corrected chi connectivity index (χ0v) is 21.0. The summed E-state index contributed by atoms with van der Waals surface area (Å²) in [7, 11) is 0. The van der Waals surface area contributed by atoms with Gasteiger partial charge < -0.3 is 28.8 Å². The van der Waals surface area contributed by atoms with Gasteiger partial charge in [-0.1, -0.05) is 35.5 Å². The summed E-state index contributed by atoms with van der Waals surface area (Å²) in [6.45, 7) is 7.00. The Morgan fingerprint density at radius 1 is 0.838 bits per heavy atom. The Labute approximate surface area is 215 Å². The van der Waals surface area contributed by atoms with Gasteiger partial charge in [0.25, 0.3) is 11.8 Å². The van der Waals surface area contributed by atoms with E-state index in [1.54, 1.807) is 24.3 Å². The van der Waals surface area contributed by atoms with Crippen LogP contribution in [0.4, 0.5) is 5.69 Å². The quantitative estimate of drug-likeness (QED) is 0.260. The van der Waals surface area contributed by atoms with Crippen LogP contribution in [0.25, 0.3) is 11.5 Å². The first-order valence-corrected chi connectivity index (χ1v) is 12.1. The molecule has 0 saturated carbocycles. The van der Waals surface area contributed by atoms with Gasteiger partial charge in [0, 0.05) is 5.56 Å². The van der Waals surface area contributed by atoms with Gasteiger partial charge in [0.1, 0.15) is 5.75 Å². The lowest BCUT2D eigenvalue weighted by Crippen LogP contribution is -2.14. The van der Waals surface area contributed by atoms with Gasteiger partial charge in [-0.15, -0.1) is 0 Å². The Kier molecular flexibility index (Phi) is 8.59. The zero-order chi connectivity index (χ0) is 26.0. The van der Waals surface area contributed by atoms with Crippen molar-refractivity contribution >= 4 is 11.6 Å². The number of carbonyl (C=O) groups is 1. The number of para-hydroxylation sites is 2.